The molecule has 2 heterocycles. The van der Waals surface area contributed by atoms with Gasteiger partial charge in [-0.25, -0.2) is 9.37 Å². The van der Waals surface area contributed by atoms with Crippen LogP contribution in [0.25, 0.3) is 10.9 Å². The van der Waals surface area contributed by atoms with Gasteiger partial charge in [-0.3, -0.25) is 4.79 Å². The monoisotopic (exact) mass is 384 g/mol. The maximum atomic E-state index is 12.9. The lowest BCUT2D eigenvalue weighted by atomic mass is 10.1. The van der Waals surface area contributed by atoms with E-state index in [0.717, 1.165) is 27.2 Å². The summed E-state index contributed by atoms with van der Waals surface area (Å²) in [5, 5.41) is 4.50. The zero-order valence-corrected chi connectivity index (χ0v) is 15.4. The standard InChI is InChI=1S/C20H17FN2O3S/c1-12-8-13-9-17-18(26-7-6-25-17)10-16(13)23-20(12)27-11-19(24)22-15-4-2-14(21)3-5-15/h2-5,8-10H,6-7,11H2,1H3,(H,22,24). The van der Waals surface area contributed by atoms with Crippen molar-refractivity contribution in [3.05, 3.63) is 53.8 Å². The van der Waals surface area contributed by atoms with E-state index < -0.39 is 0 Å². The molecule has 0 atom stereocenters. The summed E-state index contributed by atoms with van der Waals surface area (Å²) in [6.07, 6.45) is 0. The highest BCUT2D eigenvalue weighted by Gasteiger charge is 2.15. The third-order valence-corrected chi connectivity index (χ3v) is 5.18. The number of amides is 1. The second-order valence-corrected chi connectivity index (χ2v) is 7.11. The highest BCUT2D eigenvalue weighted by atomic mass is 32.2. The molecular weight excluding hydrogens is 367 g/mol. The minimum Gasteiger partial charge on any atom is -0.486 e. The average molecular weight is 384 g/mol. The largest absolute Gasteiger partial charge is 0.486 e. The Balaban J connectivity index is 1.48. The number of nitrogens with one attached hydrogen (secondary N) is 1. The van der Waals surface area contributed by atoms with Gasteiger partial charge in [0.2, 0.25) is 5.91 Å². The summed E-state index contributed by atoms with van der Waals surface area (Å²) in [5.41, 5.74) is 2.35. The first-order valence-corrected chi connectivity index (χ1v) is 9.46. The predicted octanol–water partition coefficient (Wildman–Crippen LogP) is 4.18. The fraction of sp³-hybridized carbons (Fsp3) is 0.200. The van der Waals surface area contributed by atoms with Crippen LogP contribution in [0.5, 0.6) is 11.5 Å². The number of aryl methyl sites for hydroxylation is 1. The first-order valence-electron chi connectivity index (χ1n) is 8.48. The summed E-state index contributed by atoms with van der Waals surface area (Å²) >= 11 is 1.36. The molecule has 0 bridgehead atoms. The first-order chi connectivity index (χ1) is 13.1. The highest BCUT2D eigenvalue weighted by molar-refractivity contribution is 8.00. The number of pyridine rings is 1. The summed E-state index contributed by atoms with van der Waals surface area (Å²) in [5.74, 6) is 1.12. The van der Waals surface area contributed by atoms with E-state index in [9.17, 15) is 9.18 Å². The lowest BCUT2D eigenvalue weighted by molar-refractivity contribution is -0.113. The number of anilines is 1. The normalized spacial score (nSPS) is 12.8. The zero-order chi connectivity index (χ0) is 18.8. The number of rotatable bonds is 4. The lowest BCUT2D eigenvalue weighted by Gasteiger charge is -2.19. The molecule has 7 heteroatoms. The number of fused-ring (bicyclic) bond motifs is 2. The van der Waals surface area contributed by atoms with Crippen molar-refractivity contribution in [1.29, 1.82) is 0 Å². The molecule has 0 saturated carbocycles. The third-order valence-electron chi connectivity index (χ3n) is 4.09. The topological polar surface area (TPSA) is 60.5 Å². The fourth-order valence-corrected chi connectivity index (χ4v) is 3.60. The van der Waals surface area contributed by atoms with Crippen LogP contribution in [0.15, 0.2) is 47.5 Å². The third kappa shape index (κ3) is 3.98. The van der Waals surface area contributed by atoms with Crippen LogP contribution in [0.1, 0.15) is 5.56 Å². The van der Waals surface area contributed by atoms with E-state index in [1.165, 1.54) is 36.0 Å². The van der Waals surface area contributed by atoms with Gasteiger partial charge < -0.3 is 14.8 Å². The van der Waals surface area contributed by atoms with Gasteiger partial charge in [-0.1, -0.05) is 11.8 Å². The number of nitrogens with zero attached hydrogens (tertiary/aromatic N) is 1. The highest BCUT2D eigenvalue weighted by Crippen LogP contribution is 2.35. The van der Waals surface area contributed by atoms with E-state index in [2.05, 4.69) is 10.3 Å². The van der Waals surface area contributed by atoms with Crippen LogP contribution in [0.4, 0.5) is 10.1 Å². The van der Waals surface area contributed by atoms with Crippen LogP contribution in [0.2, 0.25) is 0 Å². The number of carbonyl (C=O) groups is 1. The summed E-state index contributed by atoms with van der Waals surface area (Å²) in [6.45, 7) is 3.03. The van der Waals surface area contributed by atoms with E-state index in [-0.39, 0.29) is 17.5 Å². The molecule has 27 heavy (non-hydrogen) atoms. The smallest absolute Gasteiger partial charge is 0.234 e. The molecule has 0 saturated heterocycles. The number of hydrogen-bond donors (Lipinski definition) is 1. The molecule has 0 unspecified atom stereocenters. The molecule has 1 N–H and O–H groups in total. The van der Waals surface area contributed by atoms with Crippen molar-refractivity contribution in [1.82, 2.24) is 4.98 Å². The maximum Gasteiger partial charge on any atom is 0.234 e. The van der Waals surface area contributed by atoms with Crippen molar-refractivity contribution in [2.24, 2.45) is 0 Å². The Hall–Kier alpha value is -2.80. The molecule has 0 spiro atoms. The number of halogens is 1. The van der Waals surface area contributed by atoms with Gasteiger partial charge in [0.1, 0.15) is 24.1 Å². The molecule has 3 aromatic rings. The van der Waals surface area contributed by atoms with Crippen molar-refractivity contribution in [2.45, 2.75) is 11.9 Å². The van der Waals surface area contributed by atoms with Gasteiger partial charge in [-0.15, -0.1) is 0 Å². The number of aromatic nitrogens is 1. The van der Waals surface area contributed by atoms with E-state index in [1.54, 1.807) is 0 Å². The Morgan fingerprint density at radius 1 is 1.15 bits per heavy atom. The summed E-state index contributed by atoms with van der Waals surface area (Å²) in [4.78, 5) is 16.8. The van der Waals surface area contributed by atoms with Gasteiger partial charge in [0, 0.05) is 17.1 Å². The molecule has 5 nitrogen and oxygen atoms in total. The Bertz CT molecular complexity index is 1010. The molecule has 1 aliphatic heterocycles. The minimum absolute atomic E-state index is 0.171. The second-order valence-electron chi connectivity index (χ2n) is 6.14. The van der Waals surface area contributed by atoms with Gasteiger partial charge in [0.05, 0.1) is 11.3 Å². The molecule has 0 radical (unpaired) electrons. The van der Waals surface area contributed by atoms with Crippen molar-refractivity contribution in [3.8, 4) is 11.5 Å². The van der Waals surface area contributed by atoms with Gasteiger partial charge >= 0.3 is 0 Å². The molecule has 1 aromatic heterocycles. The van der Waals surface area contributed by atoms with Crippen LogP contribution < -0.4 is 14.8 Å². The summed E-state index contributed by atoms with van der Waals surface area (Å²) in [7, 11) is 0. The van der Waals surface area contributed by atoms with Crippen molar-refractivity contribution < 1.29 is 18.7 Å². The fourth-order valence-electron chi connectivity index (χ4n) is 2.81. The van der Waals surface area contributed by atoms with Crippen LogP contribution in [-0.2, 0) is 4.79 Å². The van der Waals surface area contributed by atoms with Crippen LogP contribution in [-0.4, -0.2) is 29.9 Å². The van der Waals surface area contributed by atoms with Crippen LogP contribution in [0.3, 0.4) is 0 Å². The van der Waals surface area contributed by atoms with Crippen molar-refractivity contribution >= 4 is 34.3 Å². The van der Waals surface area contributed by atoms with Gasteiger partial charge in [-0.05, 0) is 48.9 Å². The lowest BCUT2D eigenvalue weighted by Crippen LogP contribution is -2.15. The Morgan fingerprint density at radius 2 is 1.85 bits per heavy atom. The summed E-state index contributed by atoms with van der Waals surface area (Å²) < 4.78 is 24.2. The van der Waals surface area contributed by atoms with E-state index in [4.69, 9.17) is 9.47 Å². The molecular formula is C20H17FN2O3S. The molecule has 2 aromatic carbocycles. The molecule has 4 rings (SSSR count). The quantitative estimate of drug-likeness (QED) is 0.684. The Morgan fingerprint density at radius 3 is 2.59 bits per heavy atom. The number of thioether (sulfide) groups is 1. The minimum atomic E-state index is -0.338. The van der Waals surface area contributed by atoms with Gasteiger partial charge in [0.25, 0.3) is 0 Å². The van der Waals surface area contributed by atoms with Crippen molar-refractivity contribution in [3.63, 3.8) is 0 Å². The molecule has 1 aliphatic rings. The average Bonchev–Trinajstić information content (AvgIpc) is 2.66. The Kier molecular flexibility index (Phi) is 4.85. The SMILES string of the molecule is Cc1cc2cc3c(cc2nc1SCC(=O)Nc1ccc(F)cc1)OCCO3. The molecule has 0 fully saturated rings. The zero-order valence-electron chi connectivity index (χ0n) is 14.6. The number of carbonyl (C=O) groups excluding carboxylic acids is 1. The van der Waals surface area contributed by atoms with Crippen LogP contribution in [0, 0.1) is 12.7 Å². The van der Waals surface area contributed by atoms with E-state index in [0.29, 0.717) is 24.7 Å². The predicted molar refractivity (Wildman–Crippen MR) is 103 cm³/mol. The van der Waals surface area contributed by atoms with E-state index >= 15 is 0 Å². The van der Waals surface area contributed by atoms with Gasteiger partial charge in [0.15, 0.2) is 11.5 Å². The molecule has 1 amide bonds. The van der Waals surface area contributed by atoms with Crippen LogP contribution >= 0.6 is 11.8 Å². The van der Waals surface area contributed by atoms with E-state index in [1.807, 2.05) is 25.1 Å². The number of hydrogen-bond acceptors (Lipinski definition) is 5. The van der Waals surface area contributed by atoms with Crippen molar-refractivity contribution in [2.75, 3.05) is 24.3 Å². The number of benzene rings is 2. The van der Waals surface area contributed by atoms with Gasteiger partial charge in [-0.2, -0.15) is 0 Å². The second kappa shape index (κ2) is 7.44. The Labute approximate surface area is 159 Å². The first kappa shape index (κ1) is 17.6. The summed E-state index contributed by atoms with van der Waals surface area (Å²) in [6, 6.07) is 11.5. The molecule has 0 aliphatic carbocycles. The maximum absolute atomic E-state index is 12.9. The molecule has 138 valence electrons. The number of ether oxygens (including phenoxy) is 2.